The van der Waals surface area contributed by atoms with Crippen molar-refractivity contribution in [2.24, 2.45) is 0 Å². The summed E-state index contributed by atoms with van der Waals surface area (Å²) in [6.45, 7) is 3.64. The highest BCUT2D eigenvalue weighted by atomic mass is 32.1. The van der Waals surface area contributed by atoms with Gasteiger partial charge in [0.15, 0.2) is 5.01 Å². The Morgan fingerprint density at radius 1 is 1.26 bits per heavy atom. The minimum atomic E-state index is -4.51. The Bertz CT molecular complexity index is 631. The lowest BCUT2D eigenvalue weighted by Crippen LogP contribution is -2.03. The van der Waals surface area contributed by atoms with Crippen LogP contribution in [-0.4, -0.2) is 10.8 Å². The van der Waals surface area contributed by atoms with E-state index >= 15 is 0 Å². The van der Waals surface area contributed by atoms with Crippen molar-refractivity contribution in [3.05, 3.63) is 51.0 Å². The number of nitrogens with zero attached hydrogens (tertiary/aromatic N) is 1. The van der Waals surface area contributed by atoms with E-state index in [-0.39, 0.29) is 4.88 Å². The molecule has 2 rings (SSSR count). The maximum Gasteiger partial charge on any atom is 0.443 e. The van der Waals surface area contributed by atoms with Crippen molar-refractivity contribution in [2.45, 2.75) is 20.0 Å². The number of halogens is 3. The molecule has 6 heteroatoms. The van der Waals surface area contributed by atoms with Crippen LogP contribution in [0.3, 0.4) is 0 Å². The van der Waals surface area contributed by atoms with Gasteiger partial charge in [-0.1, -0.05) is 23.8 Å². The zero-order chi connectivity index (χ0) is 14.2. The number of ketones is 1. The Morgan fingerprint density at radius 2 is 1.95 bits per heavy atom. The molecule has 0 saturated heterocycles. The van der Waals surface area contributed by atoms with E-state index in [4.69, 9.17) is 0 Å². The van der Waals surface area contributed by atoms with Crippen molar-refractivity contribution in [1.82, 2.24) is 4.98 Å². The summed E-state index contributed by atoms with van der Waals surface area (Å²) in [6, 6.07) is 5.20. The van der Waals surface area contributed by atoms with Crippen molar-refractivity contribution in [1.29, 1.82) is 0 Å². The molecule has 0 radical (unpaired) electrons. The predicted octanol–water partition coefficient (Wildman–Crippen LogP) is 4.01. The Hall–Kier alpha value is -1.69. The summed E-state index contributed by atoms with van der Waals surface area (Å²) in [4.78, 5) is 15.4. The fourth-order valence-electron chi connectivity index (χ4n) is 1.71. The third-order valence-electron chi connectivity index (χ3n) is 2.60. The Balaban J connectivity index is 2.37. The third kappa shape index (κ3) is 2.84. The number of carbonyl (C=O) groups excluding carboxylic acids is 1. The van der Waals surface area contributed by atoms with Gasteiger partial charge in [0.2, 0.25) is 5.78 Å². The second-order valence-electron chi connectivity index (χ2n) is 4.17. The zero-order valence-corrected chi connectivity index (χ0v) is 11.0. The van der Waals surface area contributed by atoms with E-state index in [1.54, 1.807) is 19.1 Å². The van der Waals surface area contributed by atoms with Crippen molar-refractivity contribution in [3.8, 4) is 0 Å². The molecule has 0 aliphatic carbocycles. The summed E-state index contributed by atoms with van der Waals surface area (Å²) >= 11 is 0.370. The first-order chi connectivity index (χ1) is 8.79. The lowest BCUT2D eigenvalue weighted by Gasteiger charge is -2.04. The minimum absolute atomic E-state index is 0.000668. The van der Waals surface area contributed by atoms with Crippen LogP contribution in [-0.2, 0) is 6.18 Å². The number of hydrogen-bond acceptors (Lipinski definition) is 3. The summed E-state index contributed by atoms with van der Waals surface area (Å²) in [7, 11) is 0. The van der Waals surface area contributed by atoms with Crippen LogP contribution in [0.15, 0.2) is 24.4 Å². The van der Waals surface area contributed by atoms with E-state index in [0.717, 1.165) is 17.3 Å². The molecule has 0 amide bonds. The fourth-order valence-corrected chi connectivity index (χ4v) is 2.45. The number of hydrogen-bond donors (Lipinski definition) is 0. The molecule has 2 aromatic rings. The smallest absolute Gasteiger partial charge is 0.288 e. The first kappa shape index (κ1) is 13.7. The number of benzene rings is 1. The molecule has 0 fully saturated rings. The zero-order valence-electron chi connectivity index (χ0n) is 10.2. The lowest BCUT2D eigenvalue weighted by atomic mass is 10.0. The second kappa shape index (κ2) is 4.77. The van der Waals surface area contributed by atoms with Crippen LogP contribution < -0.4 is 0 Å². The van der Waals surface area contributed by atoms with Gasteiger partial charge in [-0.25, -0.2) is 4.98 Å². The van der Waals surface area contributed by atoms with Crippen LogP contribution in [0.25, 0.3) is 0 Å². The van der Waals surface area contributed by atoms with Crippen LogP contribution in [0.2, 0.25) is 0 Å². The van der Waals surface area contributed by atoms with Crippen LogP contribution in [0, 0.1) is 13.8 Å². The van der Waals surface area contributed by atoms with E-state index < -0.39 is 17.0 Å². The van der Waals surface area contributed by atoms with Gasteiger partial charge in [0.25, 0.3) is 0 Å². The summed E-state index contributed by atoms with van der Waals surface area (Å²) in [5.41, 5.74) is 2.14. The van der Waals surface area contributed by atoms with Crippen LogP contribution in [0.5, 0.6) is 0 Å². The second-order valence-corrected chi connectivity index (χ2v) is 5.21. The van der Waals surface area contributed by atoms with Crippen LogP contribution >= 0.6 is 11.3 Å². The van der Waals surface area contributed by atoms with Gasteiger partial charge in [0, 0.05) is 11.8 Å². The van der Waals surface area contributed by atoms with E-state index in [9.17, 15) is 18.0 Å². The van der Waals surface area contributed by atoms with Gasteiger partial charge in [0.1, 0.15) is 0 Å². The number of alkyl halides is 3. The molecule has 1 heterocycles. The minimum Gasteiger partial charge on any atom is -0.288 e. The third-order valence-corrected chi connectivity index (χ3v) is 3.64. The topological polar surface area (TPSA) is 30.0 Å². The van der Waals surface area contributed by atoms with Gasteiger partial charge >= 0.3 is 6.18 Å². The number of carbonyl (C=O) groups is 1. The van der Waals surface area contributed by atoms with Crippen LogP contribution in [0.1, 0.15) is 31.4 Å². The highest BCUT2D eigenvalue weighted by molar-refractivity contribution is 7.14. The number of aryl methyl sites for hydroxylation is 2. The molecule has 0 aliphatic heterocycles. The van der Waals surface area contributed by atoms with Crippen molar-refractivity contribution in [2.75, 3.05) is 0 Å². The molecule has 100 valence electrons. The molecule has 19 heavy (non-hydrogen) atoms. The molecule has 0 atom stereocenters. The molecule has 1 aromatic carbocycles. The van der Waals surface area contributed by atoms with Crippen LogP contribution in [0.4, 0.5) is 13.2 Å². The van der Waals surface area contributed by atoms with Gasteiger partial charge in [-0.2, -0.15) is 13.2 Å². The molecule has 0 bridgehead atoms. The molecule has 0 saturated carbocycles. The van der Waals surface area contributed by atoms with Gasteiger partial charge in [-0.05, 0) is 19.4 Å². The average molecular weight is 285 g/mol. The first-order valence-corrected chi connectivity index (χ1v) is 6.25. The maximum absolute atomic E-state index is 12.4. The Morgan fingerprint density at radius 3 is 2.47 bits per heavy atom. The van der Waals surface area contributed by atoms with E-state index in [0.29, 0.717) is 16.9 Å². The van der Waals surface area contributed by atoms with Crippen molar-refractivity contribution >= 4 is 17.1 Å². The number of aromatic nitrogens is 1. The first-order valence-electron chi connectivity index (χ1n) is 5.44. The summed E-state index contributed by atoms with van der Waals surface area (Å²) < 4.78 is 37.3. The average Bonchev–Trinajstić information content (AvgIpc) is 2.76. The van der Waals surface area contributed by atoms with Crippen molar-refractivity contribution in [3.63, 3.8) is 0 Å². The Labute approximate surface area is 111 Å². The quantitative estimate of drug-likeness (QED) is 0.780. The predicted molar refractivity (Wildman–Crippen MR) is 66.5 cm³/mol. The molecular formula is C13H10F3NOS. The molecule has 0 aliphatic rings. The van der Waals surface area contributed by atoms with E-state index in [1.165, 1.54) is 0 Å². The standard InChI is InChI=1S/C13H10F3NOS/c1-7-3-4-9(8(2)5-7)11(18)10-6-17-12(19-10)13(14,15)16/h3-6H,1-2H3. The molecule has 2 nitrogen and oxygen atoms in total. The van der Waals surface area contributed by atoms with E-state index in [1.807, 2.05) is 13.0 Å². The lowest BCUT2D eigenvalue weighted by molar-refractivity contribution is -0.137. The van der Waals surface area contributed by atoms with E-state index in [2.05, 4.69) is 4.98 Å². The number of thiazole rings is 1. The van der Waals surface area contributed by atoms with Gasteiger partial charge < -0.3 is 0 Å². The SMILES string of the molecule is Cc1ccc(C(=O)c2cnc(C(F)(F)F)s2)c(C)c1. The van der Waals surface area contributed by atoms with Gasteiger partial charge in [-0.15, -0.1) is 11.3 Å². The molecule has 0 spiro atoms. The maximum atomic E-state index is 12.4. The van der Waals surface area contributed by atoms with Gasteiger partial charge in [0.05, 0.1) is 4.88 Å². The molecule has 1 aromatic heterocycles. The summed E-state index contributed by atoms with van der Waals surface area (Å²) in [5, 5.41) is -0.999. The summed E-state index contributed by atoms with van der Waals surface area (Å²) in [5.74, 6) is -0.425. The summed E-state index contributed by atoms with van der Waals surface area (Å²) in [6.07, 6.45) is -3.53. The largest absolute Gasteiger partial charge is 0.443 e. The monoisotopic (exact) mass is 285 g/mol. The highest BCUT2D eigenvalue weighted by Crippen LogP contribution is 2.33. The Kier molecular flexibility index (Phi) is 3.45. The normalized spacial score (nSPS) is 11.6. The highest BCUT2D eigenvalue weighted by Gasteiger charge is 2.35. The fraction of sp³-hybridized carbons (Fsp3) is 0.231. The van der Waals surface area contributed by atoms with Crippen molar-refractivity contribution < 1.29 is 18.0 Å². The number of rotatable bonds is 2. The molecule has 0 unspecified atom stereocenters. The van der Waals surface area contributed by atoms with Gasteiger partial charge in [-0.3, -0.25) is 4.79 Å². The molecule has 0 N–H and O–H groups in total. The molecular weight excluding hydrogens is 275 g/mol.